The zero-order chi connectivity index (χ0) is 12.1. The molecule has 0 aliphatic heterocycles. The van der Waals surface area contributed by atoms with E-state index in [1.807, 2.05) is 30.3 Å². The van der Waals surface area contributed by atoms with Crippen molar-refractivity contribution in [3.05, 3.63) is 65.5 Å². The average molecular weight is 227 g/mol. The first-order chi connectivity index (χ1) is 8.31. The molecule has 1 unspecified atom stereocenters. The second-order valence-electron chi connectivity index (χ2n) is 4.13. The van der Waals surface area contributed by atoms with Gasteiger partial charge in [0.25, 0.3) is 0 Å². The minimum atomic E-state index is -0.437. The third kappa shape index (κ3) is 2.92. The molecule has 0 bridgehead atoms. The maximum atomic E-state index is 10.3. The summed E-state index contributed by atoms with van der Waals surface area (Å²) in [5, 5.41) is 10.3. The summed E-state index contributed by atoms with van der Waals surface area (Å²) in [5.41, 5.74) is 3.36. The van der Waals surface area contributed by atoms with Gasteiger partial charge in [-0.15, -0.1) is 0 Å². The molecule has 1 aromatic carbocycles. The lowest BCUT2D eigenvalue weighted by Crippen LogP contribution is -2.05. The fraction of sp³-hybridized carbons (Fsp3) is 0.267. The third-order valence-corrected chi connectivity index (χ3v) is 2.97. The van der Waals surface area contributed by atoms with Gasteiger partial charge < -0.3 is 5.11 Å². The topological polar surface area (TPSA) is 33.1 Å². The standard InChI is InChI=1S/C15H17NO/c1-2-13-5-3-4-6-14(13)15(17)11-12-7-9-16-10-8-12/h3-10,15,17H,2,11H2,1H3. The van der Waals surface area contributed by atoms with Crippen molar-refractivity contribution < 1.29 is 5.11 Å². The van der Waals surface area contributed by atoms with Gasteiger partial charge in [0.1, 0.15) is 0 Å². The quantitative estimate of drug-likeness (QED) is 0.871. The summed E-state index contributed by atoms with van der Waals surface area (Å²) in [4.78, 5) is 3.98. The SMILES string of the molecule is CCc1ccccc1C(O)Cc1ccncc1. The summed E-state index contributed by atoms with van der Waals surface area (Å²) in [7, 11) is 0. The molecular weight excluding hydrogens is 210 g/mol. The molecule has 0 aliphatic carbocycles. The Balaban J connectivity index is 2.17. The molecule has 2 aromatic rings. The molecule has 0 amide bonds. The van der Waals surface area contributed by atoms with E-state index in [0.717, 1.165) is 17.5 Å². The van der Waals surface area contributed by atoms with E-state index in [4.69, 9.17) is 0 Å². The van der Waals surface area contributed by atoms with E-state index in [-0.39, 0.29) is 0 Å². The number of rotatable bonds is 4. The van der Waals surface area contributed by atoms with Crippen molar-refractivity contribution in [2.45, 2.75) is 25.9 Å². The van der Waals surface area contributed by atoms with Crippen molar-refractivity contribution in [1.29, 1.82) is 0 Å². The summed E-state index contributed by atoms with van der Waals surface area (Å²) in [6, 6.07) is 12.0. The van der Waals surface area contributed by atoms with Crippen molar-refractivity contribution in [3.8, 4) is 0 Å². The van der Waals surface area contributed by atoms with Crippen LogP contribution >= 0.6 is 0 Å². The van der Waals surface area contributed by atoms with Gasteiger partial charge in [-0.3, -0.25) is 4.98 Å². The van der Waals surface area contributed by atoms with Gasteiger partial charge >= 0.3 is 0 Å². The van der Waals surface area contributed by atoms with E-state index < -0.39 is 6.10 Å². The number of aromatic nitrogens is 1. The van der Waals surface area contributed by atoms with E-state index in [0.29, 0.717) is 6.42 Å². The van der Waals surface area contributed by atoms with Gasteiger partial charge in [-0.1, -0.05) is 31.2 Å². The Morgan fingerprint density at radius 2 is 1.82 bits per heavy atom. The maximum Gasteiger partial charge on any atom is 0.0833 e. The molecule has 1 N–H and O–H groups in total. The zero-order valence-electron chi connectivity index (χ0n) is 10.0. The first kappa shape index (κ1) is 11.8. The van der Waals surface area contributed by atoms with Gasteiger partial charge in [0.2, 0.25) is 0 Å². The van der Waals surface area contributed by atoms with E-state index in [9.17, 15) is 5.11 Å². The van der Waals surface area contributed by atoms with E-state index >= 15 is 0 Å². The number of hydrogen-bond acceptors (Lipinski definition) is 2. The molecule has 17 heavy (non-hydrogen) atoms. The minimum absolute atomic E-state index is 0.437. The molecule has 88 valence electrons. The number of hydrogen-bond donors (Lipinski definition) is 1. The molecule has 0 fully saturated rings. The Hall–Kier alpha value is -1.67. The van der Waals surface area contributed by atoms with Crippen molar-refractivity contribution in [2.24, 2.45) is 0 Å². The number of benzene rings is 1. The van der Waals surface area contributed by atoms with Crippen LogP contribution in [0.4, 0.5) is 0 Å². The molecule has 1 heterocycles. The summed E-state index contributed by atoms with van der Waals surface area (Å²) < 4.78 is 0. The highest BCUT2D eigenvalue weighted by molar-refractivity contribution is 5.30. The van der Waals surface area contributed by atoms with Gasteiger partial charge in [-0.2, -0.15) is 0 Å². The molecule has 0 saturated carbocycles. The number of pyridine rings is 1. The summed E-state index contributed by atoms with van der Waals surface area (Å²) in [6.45, 7) is 2.11. The number of aliphatic hydroxyl groups is 1. The predicted octanol–water partition coefficient (Wildman–Crippen LogP) is 2.92. The maximum absolute atomic E-state index is 10.3. The van der Waals surface area contributed by atoms with Crippen molar-refractivity contribution in [1.82, 2.24) is 4.98 Å². The van der Waals surface area contributed by atoms with Gasteiger partial charge in [-0.25, -0.2) is 0 Å². The van der Waals surface area contributed by atoms with Crippen LogP contribution in [0.1, 0.15) is 29.7 Å². The highest BCUT2D eigenvalue weighted by atomic mass is 16.3. The Morgan fingerprint density at radius 1 is 1.12 bits per heavy atom. The first-order valence-electron chi connectivity index (χ1n) is 5.96. The van der Waals surface area contributed by atoms with Gasteiger partial charge in [0.05, 0.1) is 6.10 Å². The fourth-order valence-electron chi connectivity index (χ4n) is 2.03. The lowest BCUT2D eigenvalue weighted by atomic mass is 9.96. The smallest absolute Gasteiger partial charge is 0.0833 e. The average Bonchev–Trinajstić information content (AvgIpc) is 2.40. The third-order valence-electron chi connectivity index (χ3n) is 2.97. The lowest BCUT2D eigenvalue weighted by molar-refractivity contribution is 0.177. The van der Waals surface area contributed by atoms with E-state index in [1.165, 1.54) is 5.56 Å². The van der Waals surface area contributed by atoms with Crippen molar-refractivity contribution in [3.63, 3.8) is 0 Å². The lowest BCUT2D eigenvalue weighted by Gasteiger charge is -2.14. The van der Waals surface area contributed by atoms with Crippen LogP contribution in [0.2, 0.25) is 0 Å². The Kier molecular flexibility index (Phi) is 3.89. The second-order valence-corrected chi connectivity index (χ2v) is 4.13. The predicted molar refractivity (Wildman–Crippen MR) is 68.7 cm³/mol. The Labute approximate surface area is 102 Å². The van der Waals surface area contributed by atoms with E-state index in [2.05, 4.69) is 18.0 Å². The molecule has 1 aromatic heterocycles. The van der Waals surface area contributed by atoms with Gasteiger partial charge in [-0.05, 0) is 35.2 Å². The zero-order valence-corrected chi connectivity index (χ0v) is 10.0. The molecular formula is C15H17NO. The summed E-state index contributed by atoms with van der Waals surface area (Å²) in [5.74, 6) is 0. The van der Waals surface area contributed by atoms with Crippen LogP contribution in [-0.2, 0) is 12.8 Å². The normalized spacial score (nSPS) is 12.4. The second kappa shape index (κ2) is 5.60. The van der Waals surface area contributed by atoms with Crippen LogP contribution in [0.3, 0.4) is 0 Å². The highest BCUT2D eigenvalue weighted by Gasteiger charge is 2.11. The van der Waals surface area contributed by atoms with Crippen LogP contribution in [0.15, 0.2) is 48.8 Å². The van der Waals surface area contributed by atoms with Crippen LogP contribution < -0.4 is 0 Å². The van der Waals surface area contributed by atoms with Crippen molar-refractivity contribution >= 4 is 0 Å². The van der Waals surface area contributed by atoms with Crippen LogP contribution in [0.25, 0.3) is 0 Å². The van der Waals surface area contributed by atoms with Gasteiger partial charge in [0.15, 0.2) is 0 Å². The summed E-state index contributed by atoms with van der Waals surface area (Å²) in [6.07, 6.45) is 4.67. The molecule has 0 spiro atoms. The molecule has 1 atom stereocenters. The van der Waals surface area contributed by atoms with Crippen LogP contribution in [0.5, 0.6) is 0 Å². The monoisotopic (exact) mass is 227 g/mol. The first-order valence-corrected chi connectivity index (χ1v) is 5.96. The Morgan fingerprint density at radius 3 is 2.53 bits per heavy atom. The fourth-order valence-corrected chi connectivity index (χ4v) is 2.03. The number of nitrogens with zero attached hydrogens (tertiary/aromatic N) is 1. The van der Waals surface area contributed by atoms with E-state index in [1.54, 1.807) is 12.4 Å². The van der Waals surface area contributed by atoms with Crippen LogP contribution in [0, 0.1) is 0 Å². The largest absolute Gasteiger partial charge is 0.388 e. The molecule has 0 saturated heterocycles. The minimum Gasteiger partial charge on any atom is -0.388 e. The van der Waals surface area contributed by atoms with Gasteiger partial charge in [0, 0.05) is 18.8 Å². The Bertz CT molecular complexity index is 467. The molecule has 2 nitrogen and oxygen atoms in total. The molecule has 0 radical (unpaired) electrons. The molecule has 2 rings (SSSR count). The number of aryl methyl sites for hydroxylation is 1. The molecule has 2 heteroatoms. The highest BCUT2D eigenvalue weighted by Crippen LogP contribution is 2.22. The van der Waals surface area contributed by atoms with Crippen LogP contribution in [-0.4, -0.2) is 10.1 Å². The summed E-state index contributed by atoms with van der Waals surface area (Å²) >= 11 is 0. The number of aliphatic hydroxyl groups excluding tert-OH is 1. The van der Waals surface area contributed by atoms with Crippen molar-refractivity contribution in [2.75, 3.05) is 0 Å². The molecule has 0 aliphatic rings.